The largest absolute Gasteiger partial charge is 0.507 e. The Bertz CT molecular complexity index is 90.4. The number of carbonyl (C=O) groups excluding carboxylic acids is 1. The van der Waals surface area contributed by atoms with Crippen LogP contribution in [0.5, 0.6) is 0 Å². The van der Waals surface area contributed by atoms with E-state index in [-0.39, 0.29) is 0 Å². The maximum atomic E-state index is 9.74. The van der Waals surface area contributed by atoms with Crippen LogP contribution in [-0.4, -0.2) is 20.4 Å². The van der Waals surface area contributed by atoms with Crippen molar-refractivity contribution in [2.75, 3.05) is 14.2 Å². The van der Waals surface area contributed by atoms with Crippen molar-refractivity contribution >= 4 is 6.16 Å². The van der Waals surface area contributed by atoms with Gasteiger partial charge in [0, 0.05) is 0 Å². The summed E-state index contributed by atoms with van der Waals surface area (Å²) < 4.78 is 8.08. The Kier molecular flexibility index (Phi) is 7.05. The smallest absolute Gasteiger partial charge is 0.438 e. The molecule has 0 radical (unpaired) electrons. The second-order valence-corrected chi connectivity index (χ2v) is 3.66. The van der Waals surface area contributed by atoms with Crippen LogP contribution in [0.2, 0.25) is 0 Å². The van der Waals surface area contributed by atoms with Crippen LogP contribution in [0.25, 0.3) is 0 Å². The number of ether oxygens (including phenoxy) is 2. The number of rotatable bonds is 0. The van der Waals surface area contributed by atoms with E-state index < -0.39 is 6.16 Å². The van der Waals surface area contributed by atoms with Gasteiger partial charge in [0.2, 0.25) is 0 Å². The molecule has 0 aliphatic rings. The zero-order chi connectivity index (χ0) is 9.49. The van der Waals surface area contributed by atoms with Crippen LogP contribution in [0, 0.1) is 5.41 Å². The van der Waals surface area contributed by atoms with E-state index in [0.29, 0.717) is 5.41 Å². The molecule has 0 saturated carbocycles. The molecule has 0 atom stereocenters. The molecule has 3 nitrogen and oxygen atoms in total. The SMILES string of the molecule is CC(C)(C)C.COC(=O)OC. The minimum Gasteiger partial charge on any atom is -0.438 e. The van der Waals surface area contributed by atoms with E-state index in [4.69, 9.17) is 0 Å². The summed E-state index contributed by atoms with van der Waals surface area (Å²) >= 11 is 0. The van der Waals surface area contributed by atoms with Crippen molar-refractivity contribution in [1.82, 2.24) is 0 Å². The van der Waals surface area contributed by atoms with Crippen LogP contribution in [0.3, 0.4) is 0 Å². The Morgan fingerprint density at radius 2 is 1.18 bits per heavy atom. The summed E-state index contributed by atoms with van der Waals surface area (Å²) in [7, 11) is 2.51. The lowest BCUT2D eigenvalue weighted by Crippen LogP contribution is -1.97. The van der Waals surface area contributed by atoms with Crippen LogP contribution >= 0.6 is 0 Å². The molecule has 0 heterocycles. The lowest BCUT2D eigenvalue weighted by atomic mass is 10.0. The van der Waals surface area contributed by atoms with Gasteiger partial charge in [-0.3, -0.25) is 0 Å². The number of carbonyl (C=O) groups is 1. The third kappa shape index (κ3) is 45.8. The van der Waals surface area contributed by atoms with Gasteiger partial charge in [0.1, 0.15) is 0 Å². The highest BCUT2D eigenvalue weighted by Gasteiger charge is 1.95. The van der Waals surface area contributed by atoms with Crippen LogP contribution in [0.4, 0.5) is 4.79 Å². The lowest BCUT2D eigenvalue weighted by Gasteiger charge is -2.05. The first-order valence-corrected chi connectivity index (χ1v) is 3.43. The number of methoxy groups -OCH3 is 2. The monoisotopic (exact) mass is 162 g/mol. The van der Waals surface area contributed by atoms with E-state index in [0.717, 1.165) is 0 Å². The number of hydrogen-bond donors (Lipinski definition) is 0. The molecule has 0 fully saturated rings. The predicted molar refractivity (Wildman–Crippen MR) is 44.5 cm³/mol. The summed E-state index contributed by atoms with van der Waals surface area (Å²) in [5, 5.41) is 0. The van der Waals surface area contributed by atoms with Crippen molar-refractivity contribution in [2.24, 2.45) is 5.41 Å². The van der Waals surface area contributed by atoms with Gasteiger partial charge in [0.25, 0.3) is 0 Å². The first-order chi connectivity index (χ1) is 4.81. The minimum absolute atomic E-state index is 0.500. The zero-order valence-corrected chi connectivity index (χ0v) is 8.22. The molecule has 0 amide bonds. The maximum Gasteiger partial charge on any atom is 0.507 e. The van der Waals surface area contributed by atoms with E-state index >= 15 is 0 Å². The summed E-state index contributed by atoms with van der Waals surface area (Å²) in [6.45, 7) is 8.75. The molecule has 0 aromatic rings. The second-order valence-electron chi connectivity index (χ2n) is 3.66. The Labute approximate surface area is 68.7 Å². The van der Waals surface area contributed by atoms with Gasteiger partial charge in [0.05, 0.1) is 14.2 Å². The molecule has 0 spiro atoms. The molecule has 0 aromatic carbocycles. The van der Waals surface area contributed by atoms with Crippen molar-refractivity contribution in [3.8, 4) is 0 Å². The van der Waals surface area contributed by atoms with Crippen molar-refractivity contribution in [1.29, 1.82) is 0 Å². The summed E-state index contributed by atoms with van der Waals surface area (Å²) in [4.78, 5) is 9.74. The van der Waals surface area contributed by atoms with Gasteiger partial charge < -0.3 is 9.47 Å². The summed E-state index contributed by atoms with van der Waals surface area (Å²) in [6, 6.07) is 0. The quantitative estimate of drug-likeness (QED) is 0.513. The highest BCUT2D eigenvalue weighted by Crippen LogP contribution is 2.07. The molecule has 0 bridgehead atoms. The molecule has 0 aromatic heterocycles. The maximum absolute atomic E-state index is 9.74. The summed E-state index contributed by atoms with van der Waals surface area (Å²) in [6.07, 6.45) is -0.657. The van der Waals surface area contributed by atoms with Gasteiger partial charge in [-0.05, 0) is 5.41 Å². The molecule has 11 heavy (non-hydrogen) atoms. The molecular weight excluding hydrogens is 144 g/mol. The fourth-order valence-corrected chi connectivity index (χ4v) is 0.0833. The van der Waals surface area contributed by atoms with Gasteiger partial charge in [0.15, 0.2) is 0 Å². The Morgan fingerprint density at radius 3 is 1.18 bits per heavy atom. The van der Waals surface area contributed by atoms with Crippen LogP contribution in [0.15, 0.2) is 0 Å². The third-order valence-electron chi connectivity index (χ3n) is 0.333. The predicted octanol–water partition coefficient (Wildman–Crippen LogP) is 2.45. The van der Waals surface area contributed by atoms with E-state index in [1.165, 1.54) is 14.2 Å². The highest BCUT2D eigenvalue weighted by atomic mass is 16.7. The van der Waals surface area contributed by atoms with Gasteiger partial charge in [-0.1, -0.05) is 27.7 Å². The Hall–Kier alpha value is -0.730. The molecule has 68 valence electrons. The molecule has 0 unspecified atom stereocenters. The zero-order valence-electron chi connectivity index (χ0n) is 8.22. The van der Waals surface area contributed by atoms with E-state index in [1.54, 1.807) is 0 Å². The standard InChI is InChI=1S/C5H12.C3H6O3/c1-5(2,3)4;1-5-3(4)6-2/h1-4H3;1-2H3. The molecule has 0 saturated heterocycles. The van der Waals surface area contributed by atoms with Gasteiger partial charge in [-0.15, -0.1) is 0 Å². The Morgan fingerprint density at radius 1 is 1.00 bits per heavy atom. The fourth-order valence-electron chi connectivity index (χ4n) is 0.0833. The van der Waals surface area contributed by atoms with Gasteiger partial charge in [-0.25, -0.2) is 4.79 Å². The molecule has 0 N–H and O–H groups in total. The van der Waals surface area contributed by atoms with Crippen molar-refractivity contribution in [3.63, 3.8) is 0 Å². The second kappa shape index (κ2) is 6.01. The average Bonchev–Trinajstić information content (AvgIpc) is 1.83. The fraction of sp³-hybridized carbons (Fsp3) is 0.875. The van der Waals surface area contributed by atoms with Crippen molar-refractivity contribution < 1.29 is 14.3 Å². The molecular formula is C8H18O3. The van der Waals surface area contributed by atoms with E-state index in [2.05, 4.69) is 37.2 Å². The third-order valence-corrected chi connectivity index (χ3v) is 0.333. The van der Waals surface area contributed by atoms with Gasteiger partial charge >= 0.3 is 6.16 Å². The van der Waals surface area contributed by atoms with Crippen molar-refractivity contribution in [2.45, 2.75) is 27.7 Å². The summed E-state index contributed by atoms with van der Waals surface area (Å²) in [5.41, 5.74) is 0.500. The Balaban J connectivity index is 0. The first-order valence-electron chi connectivity index (χ1n) is 3.43. The van der Waals surface area contributed by atoms with Crippen LogP contribution in [0.1, 0.15) is 27.7 Å². The van der Waals surface area contributed by atoms with E-state index in [9.17, 15) is 4.79 Å². The summed E-state index contributed by atoms with van der Waals surface area (Å²) in [5.74, 6) is 0. The molecule has 3 heteroatoms. The first kappa shape index (κ1) is 12.9. The van der Waals surface area contributed by atoms with Crippen molar-refractivity contribution in [3.05, 3.63) is 0 Å². The molecule has 0 aliphatic heterocycles. The molecule has 0 aliphatic carbocycles. The normalized spacial score (nSPS) is 9.27. The van der Waals surface area contributed by atoms with Gasteiger partial charge in [-0.2, -0.15) is 0 Å². The van der Waals surface area contributed by atoms with E-state index in [1.807, 2.05) is 0 Å². The number of hydrogen-bond acceptors (Lipinski definition) is 3. The van der Waals surface area contributed by atoms with Crippen LogP contribution in [-0.2, 0) is 9.47 Å². The van der Waals surface area contributed by atoms with Crippen LogP contribution < -0.4 is 0 Å². The highest BCUT2D eigenvalue weighted by molar-refractivity contribution is 5.59. The average molecular weight is 162 g/mol. The lowest BCUT2D eigenvalue weighted by molar-refractivity contribution is 0.0924. The minimum atomic E-state index is -0.657. The topological polar surface area (TPSA) is 35.5 Å². The molecule has 0 rings (SSSR count).